The molecule has 1 atom stereocenters. The van der Waals surface area contributed by atoms with Gasteiger partial charge in [-0.2, -0.15) is 5.10 Å². The molecule has 1 aromatic heterocycles. The number of rotatable bonds is 6. The number of amides is 1. The molecule has 5 nitrogen and oxygen atoms in total. The van der Waals surface area contributed by atoms with E-state index < -0.39 is 6.04 Å². The Hall–Kier alpha value is -3.06. The quantitative estimate of drug-likeness (QED) is 0.682. The molecule has 2 aromatic carbocycles. The van der Waals surface area contributed by atoms with Crippen molar-refractivity contribution in [2.75, 3.05) is 5.32 Å². The summed E-state index contributed by atoms with van der Waals surface area (Å²) in [6.45, 7) is 1.83. The Morgan fingerprint density at radius 2 is 1.68 bits per heavy atom. The van der Waals surface area contributed by atoms with Gasteiger partial charge in [0.25, 0.3) is 0 Å². The predicted molar refractivity (Wildman–Crippen MR) is 105 cm³/mol. The largest absolute Gasteiger partial charge is 0.327 e. The Morgan fingerprint density at radius 3 is 2.29 bits per heavy atom. The van der Waals surface area contributed by atoms with Gasteiger partial charge < -0.3 is 11.1 Å². The Morgan fingerprint density at radius 1 is 1.11 bits per heavy atom. The third-order valence-electron chi connectivity index (χ3n) is 4.47. The van der Waals surface area contributed by atoms with Crippen molar-refractivity contribution in [2.45, 2.75) is 25.8 Å². The lowest BCUT2D eigenvalue weighted by Gasteiger charge is -2.13. The van der Waals surface area contributed by atoms with Crippen LogP contribution in [0.1, 0.15) is 17.7 Å². The van der Waals surface area contributed by atoms with Gasteiger partial charge in [0.2, 0.25) is 5.91 Å². The molecule has 3 rings (SSSR count). The fourth-order valence-electron chi connectivity index (χ4n) is 3.18. The molecule has 3 aromatic rings. The minimum Gasteiger partial charge on any atom is -0.327 e. The number of nitrogens with zero attached hydrogens (tertiary/aromatic N) is 2. The first-order chi connectivity index (χ1) is 13.3. The molecule has 3 N–H and O–H groups in total. The number of carbonyl (C=O) groups is 1. The summed E-state index contributed by atoms with van der Waals surface area (Å²) in [6.07, 6.45) is 0.563. The molecule has 0 fully saturated rings. The molecule has 1 unspecified atom stereocenters. The molecule has 0 aliphatic heterocycles. The maximum absolute atomic E-state index is 13.2. The fraction of sp³-hybridized carbons (Fsp3) is 0.238. The van der Waals surface area contributed by atoms with Crippen LogP contribution in [-0.4, -0.2) is 21.7 Å². The number of anilines is 1. The van der Waals surface area contributed by atoms with Crippen molar-refractivity contribution >= 4 is 11.7 Å². The van der Waals surface area contributed by atoms with E-state index in [9.17, 15) is 13.6 Å². The summed E-state index contributed by atoms with van der Waals surface area (Å²) in [5, 5.41) is 7.23. The molecule has 28 heavy (non-hydrogen) atoms. The summed E-state index contributed by atoms with van der Waals surface area (Å²) in [5.41, 5.74) is 9.18. The van der Waals surface area contributed by atoms with Gasteiger partial charge in [-0.05, 0) is 48.7 Å². The van der Waals surface area contributed by atoms with Crippen LogP contribution in [0, 0.1) is 18.6 Å². The van der Waals surface area contributed by atoms with Crippen LogP contribution in [-0.2, 0) is 18.3 Å². The highest BCUT2D eigenvalue weighted by atomic mass is 19.1. The van der Waals surface area contributed by atoms with Gasteiger partial charge in [0.15, 0.2) is 0 Å². The second kappa shape index (κ2) is 8.31. The number of carbonyl (C=O) groups excluding carboxylic acids is 1. The Bertz CT molecular complexity index is 965. The topological polar surface area (TPSA) is 72.9 Å². The summed E-state index contributed by atoms with van der Waals surface area (Å²) >= 11 is 0. The van der Waals surface area contributed by atoms with Gasteiger partial charge in [-0.1, -0.05) is 24.3 Å². The molecule has 1 amide bonds. The lowest BCUT2D eigenvalue weighted by Crippen LogP contribution is -2.29. The summed E-state index contributed by atoms with van der Waals surface area (Å²) in [5.74, 6) is -0.360. The van der Waals surface area contributed by atoms with Crippen molar-refractivity contribution in [3.8, 4) is 11.1 Å². The highest BCUT2D eigenvalue weighted by molar-refractivity contribution is 5.95. The van der Waals surface area contributed by atoms with E-state index in [4.69, 9.17) is 5.73 Å². The van der Waals surface area contributed by atoms with Crippen LogP contribution in [0.4, 0.5) is 14.6 Å². The lowest BCUT2D eigenvalue weighted by atomic mass is 10.0. The average Bonchev–Trinajstić information content (AvgIpc) is 2.91. The number of hydrogen-bond donors (Lipinski definition) is 2. The van der Waals surface area contributed by atoms with Crippen molar-refractivity contribution in [3.05, 3.63) is 71.4 Å². The van der Waals surface area contributed by atoms with Crippen LogP contribution in [0.2, 0.25) is 0 Å². The second-order valence-corrected chi connectivity index (χ2v) is 6.78. The minimum absolute atomic E-state index is 0.102. The van der Waals surface area contributed by atoms with Crippen LogP contribution in [0.3, 0.4) is 0 Å². The third kappa shape index (κ3) is 4.61. The van der Waals surface area contributed by atoms with Crippen molar-refractivity contribution in [1.82, 2.24) is 9.78 Å². The maximum atomic E-state index is 13.2. The SMILES string of the molecule is Cc1nn(C)c(NC(=O)CC(N)Cc2ccc(F)cc2)c1-c1ccc(F)cc1. The zero-order valence-corrected chi connectivity index (χ0v) is 15.7. The summed E-state index contributed by atoms with van der Waals surface area (Å²) in [4.78, 5) is 12.5. The maximum Gasteiger partial charge on any atom is 0.227 e. The highest BCUT2D eigenvalue weighted by Gasteiger charge is 2.19. The van der Waals surface area contributed by atoms with Gasteiger partial charge >= 0.3 is 0 Å². The Labute approximate surface area is 162 Å². The predicted octanol–water partition coefficient (Wildman–Crippen LogP) is 3.57. The van der Waals surface area contributed by atoms with Gasteiger partial charge in [0.1, 0.15) is 17.5 Å². The number of aromatic nitrogens is 2. The lowest BCUT2D eigenvalue weighted by molar-refractivity contribution is -0.116. The van der Waals surface area contributed by atoms with Crippen molar-refractivity contribution in [2.24, 2.45) is 12.8 Å². The zero-order chi connectivity index (χ0) is 20.3. The summed E-state index contributed by atoms with van der Waals surface area (Å²) < 4.78 is 27.8. The number of hydrogen-bond acceptors (Lipinski definition) is 3. The third-order valence-corrected chi connectivity index (χ3v) is 4.47. The van der Waals surface area contributed by atoms with E-state index >= 15 is 0 Å². The van der Waals surface area contributed by atoms with E-state index in [2.05, 4.69) is 10.4 Å². The molecule has 1 heterocycles. The first-order valence-corrected chi connectivity index (χ1v) is 8.93. The molecule has 7 heteroatoms. The standard InChI is InChI=1S/C21H22F2N4O/c1-13-20(15-5-9-17(23)10-6-15)21(27(2)26-13)25-19(28)12-18(24)11-14-3-7-16(22)8-4-14/h3-10,18H,11-12,24H2,1-2H3,(H,25,28). The number of benzene rings is 2. The Balaban J connectivity index is 1.71. The molecule has 0 aliphatic carbocycles. The first-order valence-electron chi connectivity index (χ1n) is 8.93. The fourth-order valence-corrected chi connectivity index (χ4v) is 3.18. The number of nitrogens with one attached hydrogen (secondary N) is 1. The van der Waals surface area contributed by atoms with Gasteiger partial charge in [-0.25, -0.2) is 8.78 Å². The summed E-state index contributed by atoms with van der Waals surface area (Å²) in [6, 6.07) is 11.7. The van der Waals surface area contributed by atoms with Crippen LogP contribution in [0.5, 0.6) is 0 Å². The highest BCUT2D eigenvalue weighted by Crippen LogP contribution is 2.31. The minimum atomic E-state index is -0.408. The van der Waals surface area contributed by atoms with E-state index in [-0.39, 0.29) is 24.0 Å². The smallest absolute Gasteiger partial charge is 0.227 e. The zero-order valence-electron chi connectivity index (χ0n) is 15.7. The second-order valence-electron chi connectivity index (χ2n) is 6.78. The van der Waals surface area contributed by atoms with Crippen LogP contribution in [0.25, 0.3) is 11.1 Å². The number of aryl methyl sites for hydroxylation is 2. The molecule has 0 radical (unpaired) electrons. The van der Waals surface area contributed by atoms with E-state index in [0.29, 0.717) is 12.2 Å². The summed E-state index contributed by atoms with van der Waals surface area (Å²) in [7, 11) is 1.73. The monoisotopic (exact) mass is 384 g/mol. The van der Waals surface area contributed by atoms with Crippen molar-refractivity contribution < 1.29 is 13.6 Å². The van der Waals surface area contributed by atoms with Crippen molar-refractivity contribution in [1.29, 1.82) is 0 Å². The normalized spacial score (nSPS) is 12.0. The van der Waals surface area contributed by atoms with Gasteiger partial charge in [0, 0.05) is 25.1 Å². The molecule has 146 valence electrons. The van der Waals surface area contributed by atoms with Crippen molar-refractivity contribution in [3.63, 3.8) is 0 Å². The van der Waals surface area contributed by atoms with Gasteiger partial charge in [-0.15, -0.1) is 0 Å². The molecule has 0 saturated carbocycles. The van der Waals surface area contributed by atoms with Gasteiger partial charge in [0.05, 0.1) is 5.69 Å². The first kappa shape index (κ1) is 19.7. The van der Waals surface area contributed by atoms with Crippen LogP contribution < -0.4 is 11.1 Å². The van der Waals surface area contributed by atoms with E-state index in [1.807, 2.05) is 6.92 Å². The molecule has 0 saturated heterocycles. The average molecular weight is 384 g/mol. The molecular formula is C21H22F2N4O. The van der Waals surface area contributed by atoms with E-state index in [1.54, 1.807) is 36.0 Å². The molecule has 0 aliphatic rings. The van der Waals surface area contributed by atoms with Crippen LogP contribution in [0.15, 0.2) is 48.5 Å². The van der Waals surface area contributed by atoms with E-state index in [0.717, 1.165) is 22.4 Å². The molecular weight excluding hydrogens is 362 g/mol. The Kier molecular flexibility index (Phi) is 5.84. The number of halogens is 2. The van der Waals surface area contributed by atoms with Gasteiger partial charge in [-0.3, -0.25) is 9.48 Å². The van der Waals surface area contributed by atoms with E-state index in [1.165, 1.54) is 24.3 Å². The molecule has 0 bridgehead atoms. The molecule has 0 spiro atoms. The number of nitrogens with two attached hydrogens (primary N) is 1. The van der Waals surface area contributed by atoms with Crippen LogP contribution >= 0.6 is 0 Å².